The van der Waals surface area contributed by atoms with Crippen molar-refractivity contribution < 1.29 is 14.6 Å². The number of carboxylic acids is 1. The van der Waals surface area contributed by atoms with E-state index in [2.05, 4.69) is 25.7 Å². The van der Waals surface area contributed by atoms with E-state index in [-0.39, 0.29) is 5.56 Å². The highest BCUT2D eigenvalue weighted by molar-refractivity contribution is 5.91. The average Bonchev–Trinajstić information content (AvgIpc) is 2.44. The van der Waals surface area contributed by atoms with E-state index in [4.69, 9.17) is 4.74 Å². The summed E-state index contributed by atoms with van der Waals surface area (Å²) in [4.78, 5) is 13.8. The van der Waals surface area contributed by atoms with Gasteiger partial charge in [0.05, 0.1) is 7.11 Å². The molecule has 1 aliphatic rings. The Bertz CT molecular complexity index is 515. The summed E-state index contributed by atoms with van der Waals surface area (Å²) in [6.45, 7) is 8.70. The van der Waals surface area contributed by atoms with Crippen LogP contribution in [0.15, 0.2) is 18.2 Å². The van der Waals surface area contributed by atoms with E-state index in [0.29, 0.717) is 23.6 Å². The lowest BCUT2D eigenvalue weighted by Crippen LogP contribution is -2.45. The van der Waals surface area contributed by atoms with E-state index in [1.807, 2.05) is 6.07 Å². The van der Waals surface area contributed by atoms with Crippen LogP contribution in [0.25, 0.3) is 0 Å². The number of hydrogen-bond acceptors (Lipinski definition) is 3. The third-order valence-electron chi connectivity index (χ3n) is 4.60. The van der Waals surface area contributed by atoms with Crippen molar-refractivity contribution in [2.75, 3.05) is 13.7 Å². The zero-order valence-electron chi connectivity index (χ0n) is 13.3. The lowest BCUT2D eigenvalue weighted by atomic mass is 9.85. The first kappa shape index (κ1) is 15.8. The SMILES string of the molecule is COc1ccc(CN2CC(C)CC(C)C2C)cc1C(=O)O. The second kappa shape index (κ2) is 6.48. The van der Waals surface area contributed by atoms with Crippen LogP contribution in [0.3, 0.4) is 0 Å². The summed E-state index contributed by atoms with van der Waals surface area (Å²) in [5.41, 5.74) is 1.27. The van der Waals surface area contributed by atoms with Crippen LogP contribution in [0.2, 0.25) is 0 Å². The number of likely N-dealkylation sites (tertiary alicyclic amines) is 1. The zero-order valence-corrected chi connectivity index (χ0v) is 13.3. The summed E-state index contributed by atoms with van der Waals surface area (Å²) in [5, 5.41) is 9.27. The molecular formula is C17H25NO3. The van der Waals surface area contributed by atoms with Crippen LogP contribution in [-0.4, -0.2) is 35.7 Å². The van der Waals surface area contributed by atoms with Gasteiger partial charge in [0.15, 0.2) is 0 Å². The Balaban J connectivity index is 2.19. The maximum absolute atomic E-state index is 11.3. The van der Waals surface area contributed by atoms with E-state index < -0.39 is 5.97 Å². The minimum absolute atomic E-state index is 0.237. The molecule has 21 heavy (non-hydrogen) atoms. The summed E-state index contributed by atoms with van der Waals surface area (Å²) in [6.07, 6.45) is 1.26. The average molecular weight is 291 g/mol. The second-order valence-corrected chi connectivity index (χ2v) is 6.33. The van der Waals surface area contributed by atoms with Gasteiger partial charge in [0.2, 0.25) is 0 Å². The van der Waals surface area contributed by atoms with Gasteiger partial charge in [0, 0.05) is 19.1 Å². The molecular weight excluding hydrogens is 266 g/mol. The molecule has 2 rings (SSSR count). The van der Waals surface area contributed by atoms with Gasteiger partial charge in [-0.25, -0.2) is 4.79 Å². The van der Waals surface area contributed by atoms with Gasteiger partial charge in [-0.2, -0.15) is 0 Å². The molecule has 3 atom stereocenters. The molecule has 0 amide bonds. The van der Waals surface area contributed by atoms with Crippen molar-refractivity contribution in [1.82, 2.24) is 4.90 Å². The molecule has 0 saturated carbocycles. The Kier molecular flexibility index (Phi) is 4.88. The Labute approximate surface area is 126 Å². The maximum Gasteiger partial charge on any atom is 0.339 e. The zero-order chi connectivity index (χ0) is 15.6. The first-order valence-corrected chi connectivity index (χ1v) is 7.56. The lowest BCUT2D eigenvalue weighted by molar-refractivity contribution is 0.0688. The molecule has 1 N–H and O–H groups in total. The molecule has 116 valence electrons. The van der Waals surface area contributed by atoms with Gasteiger partial charge in [-0.1, -0.05) is 19.9 Å². The van der Waals surface area contributed by atoms with Crippen LogP contribution in [-0.2, 0) is 6.54 Å². The molecule has 0 radical (unpaired) electrons. The number of carbonyl (C=O) groups is 1. The number of rotatable bonds is 4. The standard InChI is InChI=1S/C17H25NO3/c1-11-7-12(2)13(3)18(9-11)10-14-5-6-16(21-4)15(8-14)17(19)20/h5-6,8,11-13H,7,9-10H2,1-4H3,(H,19,20). The number of nitrogens with zero attached hydrogens (tertiary/aromatic N) is 1. The summed E-state index contributed by atoms with van der Waals surface area (Å²) in [7, 11) is 1.50. The maximum atomic E-state index is 11.3. The van der Waals surface area contributed by atoms with E-state index >= 15 is 0 Å². The largest absolute Gasteiger partial charge is 0.496 e. The van der Waals surface area contributed by atoms with Crippen LogP contribution in [0.4, 0.5) is 0 Å². The van der Waals surface area contributed by atoms with Gasteiger partial charge >= 0.3 is 5.97 Å². The van der Waals surface area contributed by atoms with Gasteiger partial charge in [-0.3, -0.25) is 4.90 Å². The Morgan fingerprint density at radius 2 is 2.10 bits per heavy atom. The predicted molar refractivity (Wildman–Crippen MR) is 82.8 cm³/mol. The Morgan fingerprint density at radius 3 is 2.71 bits per heavy atom. The molecule has 1 fully saturated rings. The minimum atomic E-state index is -0.942. The number of piperidine rings is 1. The van der Waals surface area contributed by atoms with E-state index in [1.54, 1.807) is 12.1 Å². The highest BCUT2D eigenvalue weighted by atomic mass is 16.5. The van der Waals surface area contributed by atoms with Crippen molar-refractivity contribution >= 4 is 5.97 Å². The van der Waals surface area contributed by atoms with Crippen molar-refractivity contribution in [3.8, 4) is 5.75 Å². The topological polar surface area (TPSA) is 49.8 Å². The highest BCUT2D eigenvalue weighted by Gasteiger charge is 2.28. The molecule has 4 heteroatoms. The first-order valence-electron chi connectivity index (χ1n) is 7.56. The molecule has 1 aromatic rings. The fraction of sp³-hybridized carbons (Fsp3) is 0.588. The summed E-state index contributed by atoms with van der Waals surface area (Å²) >= 11 is 0. The number of methoxy groups -OCH3 is 1. The fourth-order valence-corrected chi connectivity index (χ4v) is 3.30. The van der Waals surface area contributed by atoms with Gasteiger partial charge in [-0.15, -0.1) is 0 Å². The fourth-order valence-electron chi connectivity index (χ4n) is 3.30. The number of hydrogen-bond donors (Lipinski definition) is 1. The lowest BCUT2D eigenvalue weighted by Gasteiger charge is -2.41. The van der Waals surface area contributed by atoms with Crippen molar-refractivity contribution in [1.29, 1.82) is 0 Å². The molecule has 4 nitrogen and oxygen atoms in total. The van der Waals surface area contributed by atoms with Gasteiger partial charge in [-0.05, 0) is 42.9 Å². The number of carboxylic acid groups (broad SMARTS) is 1. The van der Waals surface area contributed by atoms with E-state index in [1.165, 1.54) is 13.5 Å². The molecule has 1 saturated heterocycles. The van der Waals surface area contributed by atoms with Crippen molar-refractivity contribution in [3.05, 3.63) is 29.3 Å². The van der Waals surface area contributed by atoms with Crippen LogP contribution in [0.5, 0.6) is 5.75 Å². The van der Waals surface area contributed by atoms with E-state index in [9.17, 15) is 9.90 Å². The Hall–Kier alpha value is -1.55. The normalized spacial score (nSPS) is 26.6. The summed E-state index contributed by atoms with van der Waals surface area (Å²) < 4.78 is 5.11. The molecule has 0 spiro atoms. The van der Waals surface area contributed by atoms with Gasteiger partial charge in [0.25, 0.3) is 0 Å². The van der Waals surface area contributed by atoms with Crippen molar-refractivity contribution in [2.24, 2.45) is 11.8 Å². The second-order valence-electron chi connectivity index (χ2n) is 6.33. The highest BCUT2D eigenvalue weighted by Crippen LogP contribution is 2.29. The molecule has 1 aromatic carbocycles. The van der Waals surface area contributed by atoms with Crippen LogP contribution >= 0.6 is 0 Å². The molecule has 0 aromatic heterocycles. The van der Waals surface area contributed by atoms with Crippen LogP contribution in [0.1, 0.15) is 43.1 Å². The quantitative estimate of drug-likeness (QED) is 0.925. The monoisotopic (exact) mass is 291 g/mol. The number of benzene rings is 1. The number of aromatic carboxylic acids is 1. The Morgan fingerprint density at radius 1 is 1.38 bits per heavy atom. The predicted octanol–water partition coefficient (Wildman–Crippen LogP) is 3.26. The van der Waals surface area contributed by atoms with Crippen molar-refractivity contribution in [2.45, 2.75) is 39.8 Å². The minimum Gasteiger partial charge on any atom is -0.496 e. The van der Waals surface area contributed by atoms with Crippen LogP contribution in [0, 0.1) is 11.8 Å². The van der Waals surface area contributed by atoms with Gasteiger partial charge < -0.3 is 9.84 Å². The molecule has 1 heterocycles. The molecule has 1 aliphatic heterocycles. The third-order valence-corrected chi connectivity index (χ3v) is 4.60. The summed E-state index contributed by atoms with van der Waals surface area (Å²) in [5.74, 6) is 0.834. The van der Waals surface area contributed by atoms with Crippen molar-refractivity contribution in [3.63, 3.8) is 0 Å². The molecule has 0 aliphatic carbocycles. The first-order chi connectivity index (χ1) is 9.92. The summed E-state index contributed by atoms with van der Waals surface area (Å²) in [6, 6.07) is 5.97. The smallest absolute Gasteiger partial charge is 0.339 e. The molecule has 3 unspecified atom stereocenters. The van der Waals surface area contributed by atoms with Gasteiger partial charge in [0.1, 0.15) is 11.3 Å². The third kappa shape index (κ3) is 3.56. The van der Waals surface area contributed by atoms with E-state index in [0.717, 1.165) is 18.7 Å². The number of ether oxygens (including phenoxy) is 1. The van der Waals surface area contributed by atoms with Crippen LogP contribution < -0.4 is 4.74 Å². The molecule has 0 bridgehead atoms.